The first kappa shape index (κ1) is 11.4. The Morgan fingerprint density at radius 2 is 2.28 bits per heavy atom. The maximum Gasteiger partial charge on any atom is 0.112 e. The summed E-state index contributed by atoms with van der Waals surface area (Å²) in [5.74, 6) is 0. The first-order valence-corrected chi connectivity index (χ1v) is 6.86. The monoisotopic (exact) mass is 257 g/mol. The third kappa shape index (κ3) is 2.05. The minimum atomic E-state index is 0.851. The standard InChI is InChI=1S/C14H15N3S/c1-15-9-11-3-2-4-13-12(11)5-7-17(13)10-14-16-6-8-18-14/h2-8,15H,9-10H2,1H3. The third-order valence-corrected chi connectivity index (χ3v) is 3.82. The molecule has 0 atom stereocenters. The van der Waals surface area contributed by atoms with E-state index in [2.05, 4.69) is 45.3 Å². The molecule has 3 nitrogen and oxygen atoms in total. The predicted molar refractivity (Wildman–Crippen MR) is 75.9 cm³/mol. The predicted octanol–water partition coefficient (Wildman–Crippen LogP) is 2.87. The van der Waals surface area contributed by atoms with Crippen LogP contribution in [0, 0.1) is 0 Å². The van der Waals surface area contributed by atoms with Crippen molar-refractivity contribution in [3.63, 3.8) is 0 Å². The highest BCUT2D eigenvalue weighted by Gasteiger charge is 2.06. The van der Waals surface area contributed by atoms with E-state index >= 15 is 0 Å². The van der Waals surface area contributed by atoms with Crippen LogP contribution in [0.3, 0.4) is 0 Å². The fourth-order valence-corrected chi connectivity index (χ4v) is 2.86. The van der Waals surface area contributed by atoms with Gasteiger partial charge in [-0.2, -0.15) is 0 Å². The van der Waals surface area contributed by atoms with Crippen molar-refractivity contribution in [2.75, 3.05) is 7.05 Å². The first-order valence-electron chi connectivity index (χ1n) is 5.98. The van der Waals surface area contributed by atoms with Gasteiger partial charge in [0.05, 0.1) is 6.54 Å². The van der Waals surface area contributed by atoms with Crippen LogP contribution in [0.2, 0.25) is 0 Å². The summed E-state index contributed by atoms with van der Waals surface area (Å²) in [5.41, 5.74) is 2.62. The van der Waals surface area contributed by atoms with E-state index in [1.165, 1.54) is 16.5 Å². The fraction of sp³-hybridized carbons (Fsp3) is 0.214. The van der Waals surface area contributed by atoms with E-state index in [0.29, 0.717) is 0 Å². The minimum absolute atomic E-state index is 0.851. The number of fused-ring (bicyclic) bond motifs is 1. The molecule has 0 aliphatic rings. The van der Waals surface area contributed by atoms with Crippen LogP contribution in [0.5, 0.6) is 0 Å². The second kappa shape index (κ2) is 4.92. The van der Waals surface area contributed by atoms with Crippen LogP contribution in [0.1, 0.15) is 10.6 Å². The maximum absolute atomic E-state index is 4.34. The zero-order valence-electron chi connectivity index (χ0n) is 10.3. The zero-order chi connectivity index (χ0) is 12.4. The van der Waals surface area contributed by atoms with Gasteiger partial charge in [0.2, 0.25) is 0 Å². The highest BCUT2D eigenvalue weighted by molar-refractivity contribution is 7.09. The highest BCUT2D eigenvalue weighted by Crippen LogP contribution is 2.21. The van der Waals surface area contributed by atoms with Gasteiger partial charge in [-0.15, -0.1) is 11.3 Å². The molecule has 0 saturated heterocycles. The smallest absolute Gasteiger partial charge is 0.112 e. The second-order valence-corrected chi connectivity index (χ2v) is 5.23. The SMILES string of the molecule is CNCc1cccc2c1ccn2Cc1nccs1. The molecule has 4 heteroatoms. The molecule has 18 heavy (non-hydrogen) atoms. The van der Waals surface area contributed by atoms with Crippen molar-refractivity contribution < 1.29 is 0 Å². The van der Waals surface area contributed by atoms with Crippen molar-refractivity contribution in [2.45, 2.75) is 13.1 Å². The molecule has 92 valence electrons. The van der Waals surface area contributed by atoms with Crippen LogP contribution in [0.4, 0.5) is 0 Å². The quantitative estimate of drug-likeness (QED) is 0.779. The Labute approximate surface area is 110 Å². The summed E-state index contributed by atoms with van der Waals surface area (Å²) >= 11 is 1.70. The van der Waals surface area contributed by atoms with Crippen LogP contribution in [0.15, 0.2) is 42.0 Å². The highest BCUT2D eigenvalue weighted by atomic mass is 32.1. The van der Waals surface area contributed by atoms with Crippen molar-refractivity contribution in [1.29, 1.82) is 0 Å². The van der Waals surface area contributed by atoms with Crippen LogP contribution < -0.4 is 5.32 Å². The van der Waals surface area contributed by atoms with Crippen molar-refractivity contribution in [3.05, 3.63) is 52.6 Å². The Bertz CT molecular complexity index is 640. The number of nitrogens with zero attached hydrogens (tertiary/aromatic N) is 2. The summed E-state index contributed by atoms with van der Waals surface area (Å²) in [7, 11) is 1.98. The van der Waals surface area contributed by atoms with Crippen molar-refractivity contribution >= 4 is 22.2 Å². The second-order valence-electron chi connectivity index (χ2n) is 4.25. The lowest BCUT2D eigenvalue weighted by Gasteiger charge is -2.05. The van der Waals surface area contributed by atoms with E-state index in [-0.39, 0.29) is 0 Å². The first-order chi connectivity index (χ1) is 8.88. The van der Waals surface area contributed by atoms with Gasteiger partial charge in [0.1, 0.15) is 5.01 Å². The molecule has 0 bridgehead atoms. The Morgan fingerprint density at radius 1 is 1.33 bits per heavy atom. The van der Waals surface area contributed by atoms with Gasteiger partial charge in [-0.3, -0.25) is 0 Å². The number of hydrogen-bond acceptors (Lipinski definition) is 3. The lowest BCUT2D eigenvalue weighted by atomic mass is 10.1. The van der Waals surface area contributed by atoms with E-state index in [9.17, 15) is 0 Å². The molecule has 0 spiro atoms. The Hall–Kier alpha value is -1.65. The Morgan fingerprint density at radius 3 is 3.06 bits per heavy atom. The molecule has 2 aromatic heterocycles. The average molecular weight is 257 g/mol. The number of nitrogens with one attached hydrogen (secondary N) is 1. The Balaban J connectivity index is 2.01. The van der Waals surface area contributed by atoms with E-state index in [4.69, 9.17) is 0 Å². The van der Waals surface area contributed by atoms with Gasteiger partial charge in [-0.25, -0.2) is 4.98 Å². The van der Waals surface area contributed by atoms with Gasteiger partial charge >= 0.3 is 0 Å². The molecule has 0 aliphatic carbocycles. The fourth-order valence-electron chi connectivity index (χ4n) is 2.25. The van der Waals surface area contributed by atoms with Crippen LogP contribution >= 0.6 is 11.3 Å². The number of aromatic nitrogens is 2. The molecule has 0 aliphatic heterocycles. The molecule has 0 saturated carbocycles. The van der Waals surface area contributed by atoms with E-state index in [1.54, 1.807) is 11.3 Å². The van der Waals surface area contributed by atoms with Gasteiger partial charge < -0.3 is 9.88 Å². The van der Waals surface area contributed by atoms with Crippen molar-refractivity contribution in [1.82, 2.24) is 14.9 Å². The molecule has 3 aromatic rings. The van der Waals surface area contributed by atoms with Crippen LogP contribution in [-0.2, 0) is 13.1 Å². The molecule has 0 fully saturated rings. The topological polar surface area (TPSA) is 29.9 Å². The lowest BCUT2D eigenvalue weighted by molar-refractivity contribution is 0.819. The number of hydrogen-bond donors (Lipinski definition) is 1. The number of rotatable bonds is 4. The van der Waals surface area contributed by atoms with Crippen LogP contribution in [-0.4, -0.2) is 16.6 Å². The molecule has 0 unspecified atom stereocenters. The Kier molecular flexibility index (Phi) is 3.13. The van der Waals surface area contributed by atoms with E-state index < -0.39 is 0 Å². The van der Waals surface area contributed by atoms with Crippen molar-refractivity contribution in [2.24, 2.45) is 0 Å². The summed E-state index contributed by atoms with van der Waals surface area (Å²) in [4.78, 5) is 4.34. The summed E-state index contributed by atoms with van der Waals surface area (Å²) in [6.45, 7) is 1.75. The molecule has 3 rings (SSSR count). The zero-order valence-corrected chi connectivity index (χ0v) is 11.1. The average Bonchev–Trinajstić information content (AvgIpc) is 3.01. The lowest BCUT2D eigenvalue weighted by Crippen LogP contribution is -2.05. The van der Waals surface area contributed by atoms with Crippen LogP contribution in [0.25, 0.3) is 10.9 Å². The van der Waals surface area contributed by atoms with Gasteiger partial charge in [0.15, 0.2) is 0 Å². The minimum Gasteiger partial charge on any atom is -0.341 e. The molecule has 0 radical (unpaired) electrons. The number of thiazole rings is 1. The van der Waals surface area contributed by atoms with Crippen molar-refractivity contribution in [3.8, 4) is 0 Å². The summed E-state index contributed by atoms with van der Waals surface area (Å²) in [6, 6.07) is 8.65. The molecule has 0 amide bonds. The summed E-state index contributed by atoms with van der Waals surface area (Å²) < 4.78 is 2.26. The normalized spacial score (nSPS) is 11.2. The molecule has 2 heterocycles. The third-order valence-electron chi connectivity index (χ3n) is 3.06. The molecule has 1 aromatic carbocycles. The van der Waals surface area contributed by atoms with Gasteiger partial charge in [-0.05, 0) is 24.7 Å². The molecular formula is C14H15N3S. The molecule has 1 N–H and O–H groups in total. The summed E-state index contributed by atoms with van der Waals surface area (Å²) in [6.07, 6.45) is 4.00. The van der Waals surface area contributed by atoms with E-state index in [1.807, 2.05) is 18.6 Å². The largest absolute Gasteiger partial charge is 0.341 e. The van der Waals surface area contributed by atoms with Gasteiger partial charge in [0, 0.05) is 35.2 Å². The summed E-state index contributed by atoms with van der Waals surface area (Å²) in [5, 5.41) is 7.70. The van der Waals surface area contributed by atoms with E-state index in [0.717, 1.165) is 18.1 Å². The van der Waals surface area contributed by atoms with Gasteiger partial charge in [-0.1, -0.05) is 12.1 Å². The molecular weight excluding hydrogens is 242 g/mol. The number of benzene rings is 1. The van der Waals surface area contributed by atoms with Gasteiger partial charge in [0.25, 0.3) is 0 Å². The maximum atomic E-state index is 4.34.